The van der Waals surface area contributed by atoms with Gasteiger partial charge < -0.3 is 4.90 Å². The fourth-order valence-electron chi connectivity index (χ4n) is 3.89. The highest BCUT2D eigenvalue weighted by Crippen LogP contribution is 2.45. The van der Waals surface area contributed by atoms with Gasteiger partial charge >= 0.3 is 0 Å². The van der Waals surface area contributed by atoms with Crippen LogP contribution in [0.1, 0.15) is 18.4 Å². The standard InChI is InChI=1S/C15H22N2O2S/c1-16-10-8-15(13-6-4-3-5-7-13)9-11-17(12-14(15)16)20(2,18)19/h3-7,14H,8-12H2,1-2H3/t14-,15+/m0/s1. The van der Waals surface area contributed by atoms with E-state index in [0.717, 1.165) is 19.4 Å². The van der Waals surface area contributed by atoms with E-state index in [9.17, 15) is 8.42 Å². The van der Waals surface area contributed by atoms with Crippen molar-refractivity contribution in [3.8, 4) is 0 Å². The molecule has 2 atom stereocenters. The highest BCUT2D eigenvalue weighted by atomic mass is 32.2. The molecule has 1 aromatic carbocycles. The van der Waals surface area contributed by atoms with Crippen molar-refractivity contribution in [2.45, 2.75) is 24.3 Å². The molecule has 0 bridgehead atoms. The largest absolute Gasteiger partial charge is 0.301 e. The first-order chi connectivity index (χ1) is 9.43. The van der Waals surface area contributed by atoms with E-state index in [-0.39, 0.29) is 11.5 Å². The molecule has 0 aliphatic carbocycles. The van der Waals surface area contributed by atoms with E-state index >= 15 is 0 Å². The summed E-state index contributed by atoms with van der Waals surface area (Å²) in [7, 11) is -0.978. The average molecular weight is 294 g/mol. The second kappa shape index (κ2) is 4.83. The molecule has 0 radical (unpaired) electrons. The Labute approximate surface area is 121 Å². The van der Waals surface area contributed by atoms with Crippen LogP contribution in [-0.4, -0.2) is 56.6 Å². The normalized spacial score (nSPS) is 32.2. The number of likely N-dealkylation sites (N-methyl/N-ethyl adjacent to an activating group) is 1. The van der Waals surface area contributed by atoms with Crippen molar-refractivity contribution in [3.63, 3.8) is 0 Å². The average Bonchev–Trinajstić information content (AvgIpc) is 2.77. The number of sulfonamides is 1. The Hall–Kier alpha value is -0.910. The summed E-state index contributed by atoms with van der Waals surface area (Å²) in [4.78, 5) is 2.32. The lowest BCUT2D eigenvalue weighted by molar-refractivity contribution is 0.147. The molecule has 110 valence electrons. The summed E-state index contributed by atoms with van der Waals surface area (Å²) in [5.41, 5.74) is 1.49. The zero-order valence-corrected chi connectivity index (χ0v) is 12.9. The van der Waals surface area contributed by atoms with Gasteiger partial charge in [0.15, 0.2) is 0 Å². The van der Waals surface area contributed by atoms with Gasteiger partial charge in [0.2, 0.25) is 10.0 Å². The molecule has 2 aliphatic rings. The molecule has 5 heteroatoms. The molecule has 2 aliphatic heterocycles. The van der Waals surface area contributed by atoms with Crippen molar-refractivity contribution in [1.29, 1.82) is 0 Å². The summed E-state index contributed by atoms with van der Waals surface area (Å²) in [6.45, 7) is 2.29. The quantitative estimate of drug-likeness (QED) is 0.825. The van der Waals surface area contributed by atoms with Gasteiger partial charge in [0.25, 0.3) is 0 Å². The summed E-state index contributed by atoms with van der Waals surface area (Å²) in [6, 6.07) is 10.9. The number of nitrogens with zero attached hydrogens (tertiary/aromatic N) is 2. The molecule has 0 unspecified atom stereocenters. The maximum Gasteiger partial charge on any atom is 0.211 e. The summed E-state index contributed by atoms with van der Waals surface area (Å²) >= 11 is 0. The predicted molar refractivity (Wildman–Crippen MR) is 80.2 cm³/mol. The lowest BCUT2D eigenvalue weighted by Crippen LogP contribution is -2.55. The topological polar surface area (TPSA) is 40.6 Å². The lowest BCUT2D eigenvalue weighted by atomic mass is 9.70. The Morgan fingerprint density at radius 3 is 2.45 bits per heavy atom. The summed E-state index contributed by atoms with van der Waals surface area (Å²) in [5.74, 6) is 0. The molecule has 1 aromatic rings. The highest BCUT2D eigenvalue weighted by molar-refractivity contribution is 7.88. The maximum atomic E-state index is 11.8. The number of hydrogen-bond acceptors (Lipinski definition) is 3. The van der Waals surface area contributed by atoms with Crippen LogP contribution in [0, 0.1) is 0 Å². The predicted octanol–water partition coefficient (Wildman–Crippen LogP) is 1.29. The van der Waals surface area contributed by atoms with Crippen molar-refractivity contribution in [3.05, 3.63) is 35.9 Å². The minimum atomic E-state index is -3.09. The van der Waals surface area contributed by atoms with Crippen LogP contribution in [0.4, 0.5) is 0 Å². The van der Waals surface area contributed by atoms with Crippen molar-refractivity contribution < 1.29 is 8.42 Å². The molecule has 0 saturated carbocycles. The number of rotatable bonds is 2. The maximum absolute atomic E-state index is 11.8. The van der Waals surface area contributed by atoms with Crippen LogP contribution in [-0.2, 0) is 15.4 Å². The van der Waals surface area contributed by atoms with E-state index in [1.54, 1.807) is 4.31 Å². The van der Waals surface area contributed by atoms with Gasteiger partial charge in [0, 0.05) is 24.5 Å². The number of fused-ring (bicyclic) bond motifs is 1. The molecule has 2 fully saturated rings. The molecule has 3 rings (SSSR count). The van der Waals surface area contributed by atoms with Crippen molar-refractivity contribution in [2.24, 2.45) is 0 Å². The zero-order valence-electron chi connectivity index (χ0n) is 12.1. The minimum absolute atomic E-state index is 0.122. The third-order valence-electron chi connectivity index (χ3n) is 5.08. The van der Waals surface area contributed by atoms with E-state index in [1.165, 1.54) is 11.8 Å². The number of piperidine rings is 1. The summed E-state index contributed by atoms with van der Waals surface area (Å²) in [5, 5.41) is 0. The molecular formula is C15H22N2O2S. The molecule has 0 spiro atoms. The Morgan fingerprint density at radius 1 is 1.15 bits per heavy atom. The molecule has 20 heavy (non-hydrogen) atoms. The third kappa shape index (κ3) is 2.18. The van der Waals surface area contributed by atoms with Crippen LogP contribution in [0.15, 0.2) is 30.3 Å². The van der Waals surface area contributed by atoms with E-state index < -0.39 is 10.0 Å². The summed E-state index contributed by atoms with van der Waals surface area (Å²) in [6.07, 6.45) is 3.35. The highest BCUT2D eigenvalue weighted by Gasteiger charge is 2.51. The van der Waals surface area contributed by atoms with Crippen molar-refractivity contribution in [2.75, 3.05) is 32.9 Å². The van der Waals surface area contributed by atoms with Crippen molar-refractivity contribution in [1.82, 2.24) is 9.21 Å². The number of hydrogen-bond donors (Lipinski definition) is 0. The smallest absolute Gasteiger partial charge is 0.211 e. The van der Waals surface area contributed by atoms with Crippen LogP contribution in [0.25, 0.3) is 0 Å². The molecule has 2 heterocycles. The van der Waals surface area contributed by atoms with Gasteiger partial charge in [0.1, 0.15) is 0 Å². The van der Waals surface area contributed by atoms with E-state index in [2.05, 4.69) is 36.2 Å². The Bertz CT molecular complexity index is 587. The minimum Gasteiger partial charge on any atom is -0.301 e. The van der Waals surface area contributed by atoms with Crippen LogP contribution in [0.5, 0.6) is 0 Å². The van der Waals surface area contributed by atoms with Gasteiger partial charge in [0.05, 0.1) is 6.26 Å². The molecular weight excluding hydrogens is 272 g/mol. The van der Waals surface area contributed by atoms with Crippen LogP contribution in [0.3, 0.4) is 0 Å². The van der Waals surface area contributed by atoms with Gasteiger partial charge in [-0.25, -0.2) is 12.7 Å². The molecule has 2 saturated heterocycles. The van der Waals surface area contributed by atoms with Gasteiger partial charge in [-0.2, -0.15) is 0 Å². The SMILES string of the molecule is CN1CC[C@]2(c3ccccc3)CCN(S(C)(=O)=O)C[C@H]12. The van der Waals surface area contributed by atoms with Gasteiger partial charge in [-0.3, -0.25) is 0 Å². The van der Waals surface area contributed by atoms with E-state index in [1.807, 2.05) is 6.07 Å². The lowest BCUT2D eigenvalue weighted by Gasteiger charge is -2.45. The monoisotopic (exact) mass is 294 g/mol. The first kappa shape index (κ1) is 14.0. The van der Waals surface area contributed by atoms with Crippen LogP contribution in [0.2, 0.25) is 0 Å². The molecule has 0 amide bonds. The first-order valence-corrected chi connectivity index (χ1v) is 8.99. The van der Waals surface area contributed by atoms with Crippen LogP contribution >= 0.6 is 0 Å². The second-order valence-electron chi connectivity index (χ2n) is 6.14. The third-order valence-corrected chi connectivity index (χ3v) is 6.35. The van der Waals surface area contributed by atoms with Crippen molar-refractivity contribution >= 4 is 10.0 Å². The van der Waals surface area contributed by atoms with Gasteiger partial charge in [-0.15, -0.1) is 0 Å². The van der Waals surface area contributed by atoms with Gasteiger partial charge in [-0.05, 0) is 32.0 Å². The number of likely N-dealkylation sites (tertiary alicyclic amines) is 1. The Morgan fingerprint density at radius 2 is 1.80 bits per heavy atom. The van der Waals surface area contributed by atoms with Gasteiger partial charge in [-0.1, -0.05) is 30.3 Å². The fraction of sp³-hybridized carbons (Fsp3) is 0.600. The van der Waals surface area contributed by atoms with Crippen LogP contribution < -0.4 is 0 Å². The van der Waals surface area contributed by atoms with E-state index in [0.29, 0.717) is 13.1 Å². The fourth-order valence-corrected chi connectivity index (χ4v) is 4.72. The first-order valence-electron chi connectivity index (χ1n) is 7.14. The Kier molecular flexibility index (Phi) is 3.39. The Balaban J connectivity index is 1.97. The second-order valence-corrected chi connectivity index (χ2v) is 8.12. The number of benzene rings is 1. The molecule has 4 nitrogen and oxygen atoms in total. The zero-order chi connectivity index (χ0) is 14.4. The molecule has 0 N–H and O–H groups in total. The summed E-state index contributed by atoms with van der Waals surface area (Å²) < 4.78 is 25.3. The van der Waals surface area contributed by atoms with E-state index in [4.69, 9.17) is 0 Å². The molecule has 0 aromatic heterocycles.